The Kier molecular flexibility index (Phi) is 5.62. The summed E-state index contributed by atoms with van der Waals surface area (Å²) in [7, 11) is -4.07. The number of aryl methyl sites for hydroxylation is 1. The van der Waals surface area contributed by atoms with E-state index < -0.39 is 21.7 Å². The van der Waals surface area contributed by atoms with Gasteiger partial charge in [-0.2, -0.15) is 0 Å². The third kappa shape index (κ3) is 4.47. The van der Waals surface area contributed by atoms with Crippen molar-refractivity contribution in [1.82, 2.24) is 4.98 Å². The summed E-state index contributed by atoms with van der Waals surface area (Å²) in [6.45, 7) is 1.60. The number of amides is 1. The molecular weight excluding hydrogens is 405 g/mol. The summed E-state index contributed by atoms with van der Waals surface area (Å²) >= 11 is 5.70. The topological polar surface area (TPSA) is 88.2 Å². The van der Waals surface area contributed by atoms with Gasteiger partial charge >= 0.3 is 0 Å². The first-order chi connectivity index (χ1) is 13.3. The number of benzene rings is 2. The molecule has 2 aromatic carbocycles. The van der Waals surface area contributed by atoms with E-state index in [0.29, 0.717) is 5.56 Å². The molecule has 1 aromatic heterocycles. The molecule has 0 aliphatic rings. The Morgan fingerprint density at radius 1 is 1.11 bits per heavy atom. The van der Waals surface area contributed by atoms with Gasteiger partial charge in [-0.15, -0.1) is 0 Å². The van der Waals surface area contributed by atoms with Crippen molar-refractivity contribution in [3.8, 4) is 0 Å². The summed E-state index contributed by atoms with van der Waals surface area (Å²) in [5.74, 6) is -1.16. The van der Waals surface area contributed by atoms with E-state index in [-0.39, 0.29) is 27.0 Å². The van der Waals surface area contributed by atoms with Crippen LogP contribution in [0.25, 0.3) is 0 Å². The molecule has 0 fully saturated rings. The monoisotopic (exact) mass is 419 g/mol. The van der Waals surface area contributed by atoms with Crippen molar-refractivity contribution in [1.29, 1.82) is 0 Å². The molecule has 28 heavy (non-hydrogen) atoms. The van der Waals surface area contributed by atoms with Crippen LogP contribution in [0.5, 0.6) is 0 Å². The predicted molar refractivity (Wildman–Crippen MR) is 106 cm³/mol. The predicted octanol–water partition coefficient (Wildman–Crippen LogP) is 4.24. The maximum Gasteiger partial charge on any atom is 0.262 e. The van der Waals surface area contributed by atoms with Crippen LogP contribution in [0, 0.1) is 12.7 Å². The van der Waals surface area contributed by atoms with Gasteiger partial charge in [0.15, 0.2) is 0 Å². The van der Waals surface area contributed by atoms with Crippen molar-refractivity contribution in [3.05, 3.63) is 82.9 Å². The molecule has 0 radical (unpaired) electrons. The number of hydrogen-bond donors (Lipinski definition) is 2. The minimum absolute atomic E-state index is 0.0808. The minimum atomic E-state index is -4.07. The van der Waals surface area contributed by atoms with E-state index in [0.717, 1.165) is 6.07 Å². The lowest BCUT2D eigenvalue weighted by atomic mass is 10.2. The van der Waals surface area contributed by atoms with E-state index in [1.165, 1.54) is 42.6 Å². The normalized spacial score (nSPS) is 11.1. The standard InChI is InChI=1S/C19H15ClFN3O3S/c1-12-6-8-14(23-19(25)13-7-9-18(20)22-11-13)10-17(12)28(26,27)24-16-5-3-2-4-15(16)21/h2-11,24H,1H3,(H,23,25). The van der Waals surface area contributed by atoms with Crippen molar-refractivity contribution in [2.45, 2.75) is 11.8 Å². The number of rotatable bonds is 5. The van der Waals surface area contributed by atoms with Crippen molar-refractivity contribution in [3.63, 3.8) is 0 Å². The van der Waals surface area contributed by atoms with E-state index in [4.69, 9.17) is 11.6 Å². The van der Waals surface area contributed by atoms with Gasteiger partial charge in [-0.25, -0.2) is 17.8 Å². The number of anilines is 2. The average Bonchev–Trinajstić information content (AvgIpc) is 2.65. The maximum absolute atomic E-state index is 13.8. The van der Waals surface area contributed by atoms with E-state index in [2.05, 4.69) is 15.0 Å². The van der Waals surface area contributed by atoms with Crippen molar-refractivity contribution in [2.75, 3.05) is 10.0 Å². The number of sulfonamides is 1. The number of aromatic nitrogens is 1. The lowest BCUT2D eigenvalue weighted by Crippen LogP contribution is -2.17. The average molecular weight is 420 g/mol. The molecule has 2 N–H and O–H groups in total. The highest BCUT2D eigenvalue weighted by Gasteiger charge is 2.20. The largest absolute Gasteiger partial charge is 0.322 e. The maximum atomic E-state index is 13.8. The van der Waals surface area contributed by atoms with Crippen LogP contribution in [0.1, 0.15) is 15.9 Å². The molecule has 0 bridgehead atoms. The summed E-state index contributed by atoms with van der Waals surface area (Å²) in [6, 6.07) is 12.8. The van der Waals surface area contributed by atoms with Crippen LogP contribution in [-0.4, -0.2) is 19.3 Å². The van der Waals surface area contributed by atoms with Gasteiger partial charge in [-0.1, -0.05) is 29.8 Å². The smallest absolute Gasteiger partial charge is 0.262 e. The number of halogens is 2. The van der Waals surface area contributed by atoms with Crippen LogP contribution in [-0.2, 0) is 10.0 Å². The van der Waals surface area contributed by atoms with Crippen molar-refractivity contribution < 1.29 is 17.6 Å². The molecule has 1 amide bonds. The second-order valence-electron chi connectivity index (χ2n) is 5.89. The van der Waals surface area contributed by atoms with Gasteiger partial charge in [0.2, 0.25) is 0 Å². The first kappa shape index (κ1) is 19.8. The summed E-state index contributed by atoms with van der Waals surface area (Å²) in [6.07, 6.45) is 1.31. The van der Waals surface area contributed by atoms with Crippen LogP contribution in [0.15, 0.2) is 65.7 Å². The van der Waals surface area contributed by atoms with Crippen LogP contribution in [0.4, 0.5) is 15.8 Å². The van der Waals surface area contributed by atoms with Crippen LogP contribution in [0.3, 0.4) is 0 Å². The Labute approximate surface area is 166 Å². The van der Waals surface area contributed by atoms with Crippen LogP contribution < -0.4 is 10.0 Å². The first-order valence-corrected chi connectivity index (χ1v) is 9.93. The fourth-order valence-electron chi connectivity index (χ4n) is 2.42. The molecule has 1 heterocycles. The SMILES string of the molecule is Cc1ccc(NC(=O)c2ccc(Cl)nc2)cc1S(=O)(=O)Nc1ccccc1F. The Morgan fingerprint density at radius 3 is 2.54 bits per heavy atom. The zero-order valence-electron chi connectivity index (χ0n) is 14.6. The molecule has 0 atom stereocenters. The van der Waals surface area contributed by atoms with Crippen LogP contribution in [0.2, 0.25) is 5.15 Å². The van der Waals surface area contributed by atoms with E-state index in [9.17, 15) is 17.6 Å². The molecule has 144 valence electrons. The van der Waals surface area contributed by atoms with Gasteiger partial charge in [-0.05, 0) is 48.9 Å². The minimum Gasteiger partial charge on any atom is -0.322 e. The summed E-state index contributed by atoms with van der Waals surface area (Å²) in [4.78, 5) is 16.0. The number of pyridine rings is 1. The fourth-order valence-corrected chi connectivity index (χ4v) is 3.88. The van der Waals surface area contributed by atoms with E-state index in [1.807, 2.05) is 0 Å². The zero-order chi connectivity index (χ0) is 20.3. The van der Waals surface area contributed by atoms with Crippen LogP contribution >= 0.6 is 11.6 Å². The van der Waals surface area contributed by atoms with E-state index in [1.54, 1.807) is 19.1 Å². The number of para-hydroxylation sites is 1. The summed E-state index contributed by atoms with van der Waals surface area (Å²) in [5.41, 5.74) is 0.803. The second-order valence-corrected chi connectivity index (χ2v) is 7.93. The van der Waals surface area contributed by atoms with Gasteiger partial charge < -0.3 is 5.32 Å². The number of hydrogen-bond acceptors (Lipinski definition) is 4. The van der Waals surface area contributed by atoms with Gasteiger partial charge in [0.1, 0.15) is 11.0 Å². The summed E-state index contributed by atoms with van der Waals surface area (Å²) < 4.78 is 41.4. The van der Waals surface area contributed by atoms with Crippen molar-refractivity contribution in [2.24, 2.45) is 0 Å². The third-order valence-corrected chi connectivity index (χ3v) is 5.57. The highest BCUT2D eigenvalue weighted by molar-refractivity contribution is 7.92. The molecule has 0 spiro atoms. The number of nitrogens with zero attached hydrogens (tertiary/aromatic N) is 1. The Hall–Kier alpha value is -2.97. The number of carbonyl (C=O) groups excluding carboxylic acids is 1. The van der Waals surface area contributed by atoms with Gasteiger partial charge in [-0.3, -0.25) is 9.52 Å². The number of nitrogens with one attached hydrogen (secondary N) is 2. The summed E-state index contributed by atoms with van der Waals surface area (Å²) in [5, 5.41) is 2.85. The lowest BCUT2D eigenvalue weighted by Gasteiger charge is -2.13. The molecule has 0 aliphatic heterocycles. The molecule has 0 aliphatic carbocycles. The molecule has 3 aromatic rings. The quantitative estimate of drug-likeness (QED) is 0.605. The highest BCUT2D eigenvalue weighted by Crippen LogP contribution is 2.24. The fraction of sp³-hybridized carbons (Fsp3) is 0.0526. The Balaban J connectivity index is 1.87. The Morgan fingerprint density at radius 2 is 1.86 bits per heavy atom. The second kappa shape index (κ2) is 7.95. The number of carbonyl (C=O) groups is 1. The molecule has 0 saturated heterocycles. The van der Waals surface area contributed by atoms with Gasteiger partial charge in [0.25, 0.3) is 15.9 Å². The lowest BCUT2D eigenvalue weighted by molar-refractivity contribution is 0.102. The Bertz CT molecular complexity index is 1140. The zero-order valence-corrected chi connectivity index (χ0v) is 16.2. The molecule has 6 nitrogen and oxygen atoms in total. The van der Waals surface area contributed by atoms with Crippen molar-refractivity contribution >= 4 is 38.9 Å². The molecule has 3 rings (SSSR count). The molecular formula is C19H15ClFN3O3S. The third-order valence-electron chi connectivity index (χ3n) is 3.84. The highest BCUT2D eigenvalue weighted by atomic mass is 35.5. The molecule has 0 unspecified atom stereocenters. The van der Waals surface area contributed by atoms with E-state index >= 15 is 0 Å². The molecule has 9 heteroatoms. The first-order valence-electron chi connectivity index (χ1n) is 8.07. The molecule has 0 saturated carbocycles. The van der Waals surface area contributed by atoms with Gasteiger partial charge in [0, 0.05) is 11.9 Å². The van der Waals surface area contributed by atoms with Gasteiger partial charge in [0.05, 0.1) is 16.1 Å².